The highest BCUT2D eigenvalue weighted by molar-refractivity contribution is 6.30. The lowest BCUT2D eigenvalue weighted by Gasteiger charge is -2.38. The lowest BCUT2D eigenvalue weighted by atomic mass is 9.89. The average molecular weight is 376 g/mol. The van der Waals surface area contributed by atoms with Crippen LogP contribution in [0.3, 0.4) is 0 Å². The first-order valence-corrected chi connectivity index (χ1v) is 10.2. The minimum atomic E-state index is -0.0700. The van der Waals surface area contributed by atoms with Gasteiger partial charge in [0.25, 0.3) is 0 Å². The van der Waals surface area contributed by atoms with Gasteiger partial charge in [0.15, 0.2) is 0 Å². The van der Waals surface area contributed by atoms with Crippen molar-refractivity contribution in [3.63, 3.8) is 0 Å². The van der Waals surface area contributed by atoms with Gasteiger partial charge >= 0.3 is 6.03 Å². The maximum absolute atomic E-state index is 12.0. The van der Waals surface area contributed by atoms with E-state index in [-0.39, 0.29) is 12.1 Å². The predicted molar refractivity (Wildman–Crippen MR) is 108 cm³/mol. The molecular formula is C21H30ClN3O. The smallest absolute Gasteiger partial charge is 0.315 e. The van der Waals surface area contributed by atoms with Crippen LogP contribution < -0.4 is 10.6 Å². The van der Waals surface area contributed by atoms with Gasteiger partial charge in [0.1, 0.15) is 0 Å². The van der Waals surface area contributed by atoms with Crippen LogP contribution in [0.4, 0.5) is 4.79 Å². The van der Waals surface area contributed by atoms with Gasteiger partial charge < -0.3 is 10.6 Å². The van der Waals surface area contributed by atoms with Crippen molar-refractivity contribution in [2.75, 3.05) is 19.6 Å². The summed E-state index contributed by atoms with van der Waals surface area (Å²) in [5, 5.41) is 6.80. The normalized spacial score (nSPS) is 24.3. The number of amides is 2. The number of urea groups is 1. The fourth-order valence-electron chi connectivity index (χ4n) is 4.37. The Kier molecular flexibility index (Phi) is 6.98. The molecule has 142 valence electrons. The summed E-state index contributed by atoms with van der Waals surface area (Å²) in [7, 11) is 0. The first-order valence-electron chi connectivity index (χ1n) is 9.79. The van der Waals surface area contributed by atoms with E-state index in [1.165, 1.54) is 31.2 Å². The second kappa shape index (κ2) is 9.43. The first-order chi connectivity index (χ1) is 12.7. The van der Waals surface area contributed by atoms with Crippen LogP contribution in [0.2, 0.25) is 5.02 Å². The van der Waals surface area contributed by atoms with Gasteiger partial charge in [0, 0.05) is 23.7 Å². The van der Waals surface area contributed by atoms with Crippen LogP contribution in [0.5, 0.6) is 0 Å². The van der Waals surface area contributed by atoms with Crippen LogP contribution in [-0.2, 0) is 6.42 Å². The molecule has 2 fully saturated rings. The largest absolute Gasteiger partial charge is 0.335 e. The topological polar surface area (TPSA) is 44.4 Å². The summed E-state index contributed by atoms with van der Waals surface area (Å²) in [6, 6.07) is 8.95. The van der Waals surface area contributed by atoms with E-state index in [1.54, 1.807) is 6.08 Å². The molecule has 3 rings (SSSR count). The van der Waals surface area contributed by atoms with Crippen LogP contribution in [-0.4, -0.2) is 42.6 Å². The molecule has 2 atom stereocenters. The lowest BCUT2D eigenvalue weighted by Crippen LogP contribution is -2.53. The third-order valence-electron chi connectivity index (χ3n) is 5.76. The quantitative estimate of drug-likeness (QED) is 0.738. The number of rotatable bonds is 6. The molecule has 1 heterocycles. The third-order valence-corrected chi connectivity index (χ3v) is 6.01. The van der Waals surface area contributed by atoms with Crippen molar-refractivity contribution in [1.29, 1.82) is 0 Å². The van der Waals surface area contributed by atoms with E-state index in [9.17, 15) is 4.79 Å². The van der Waals surface area contributed by atoms with Gasteiger partial charge in [-0.2, -0.15) is 0 Å². The number of likely N-dealkylation sites (tertiary alicyclic amines) is 1. The van der Waals surface area contributed by atoms with Crippen LogP contribution in [0.25, 0.3) is 0 Å². The van der Waals surface area contributed by atoms with Crippen molar-refractivity contribution in [1.82, 2.24) is 15.5 Å². The van der Waals surface area contributed by atoms with Gasteiger partial charge in [-0.3, -0.25) is 4.90 Å². The van der Waals surface area contributed by atoms with Crippen LogP contribution in [0, 0.1) is 5.92 Å². The van der Waals surface area contributed by atoms with E-state index in [2.05, 4.69) is 34.2 Å². The number of halogens is 1. The fraction of sp³-hybridized carbons (Fsp3) is 0.571. The molecule has 1 aliphatic carbocycles. The monoisotopic (exact) mass is 375 g/mol. The highest BCUT2D eigenvalue weighted by Crippen LogP contribution is 2.29. The van der Waals surface area contributed by atoms with E-state index in [0.29, 0.717) is 12.6 Å². The summed E-state index contributed by atoms with van der Waals surface area (Å²) in [6.45, 7) is 6.42. The van der Waals surface area contributed by atoms with E-state index < -0.39 is 0 Å². The molecule has 1 saturated carbocycles. The van der Waals surface area contributed by atoms with Crippen LogP contribution in [0.15, 0.2) is 36.9 Å². The third kappa shape index (κ3) is 5.24. The predicted octanol–water partition coefficient (Wildman–Crippen LogP) is 4.00. The Labute approximate surface area is 162 Å². The van der Waals surface area contributed by atoms with Gasteiger partial charge in [-0.15, -0.1) is 6.58 Å². The molecule has 1 aromatic carbocycles. The molecule has 1 unspecified atom stereocenters. The molecule has 4 nitrogen and oxygen atoms in total. The van der Waals surface area contributed by atoms with Gasteiger partial charge in [-0.25, -0.2) is 4.79 Å². The molecular weight excluding hydrogens is 346 g/mol. The molecule has 1 aliphatic heterocycles. The van der Waals surface area contributed by atoms with E-state index >= 15 is 0 Å². The lowest BCUT2D eigenvalue weighted by molar-refractivity contribution is 0.119. The molecule has 2 amide bonds. The minimum Gasteiger partial charge on any atom is -0.335 e. The molecule has 1 aromatic rings. The fourth-order valence-corrected chi connectivity index (χ4v) is 4.50. The average Bonchev–Trinajstić information content (AvgIpc) is 3.10. The summed E-state index contributed by atoms with van der Waals surface area (Å²) >= 11 is 5.98. The minimum absolute atomic E-state index is 0.0700. The van der Waals surface area contributed by atoms with Crippen molar-refractivity contribution < 1.29 is 4.79 Å². The molecule has 0 spiro atoms. The highest BCUT2D eigenvalue weighted by Gasteiger charge is 2.34. The number of hydrogen-bond donors (Lipinski definition) is 2. The maximum Gasteiger partial charge on any atom is 0.315 e. The molecule has 2 N–H and O–H groups in total. The molecule has 0 radical (unpaired) electrons. The van der Waals surface area contributed by atoms with Gasteiger partial charge in [0.2, 0.25) is 0 Å². The van der Waals surface area contributed by atoms with Gasteiger partial charge in [-0.1, -0.05) is 29.8 Å². The van der Waals surface area contributed by atoms with Crippen molar-refractivity contribution in [3.05, 3.63) is 47.5 Å². The highest BCUT2D eigenvalue weighted by atomic mass is 35.5. The van der Waals surface area contributed by atoms with Crippen molar-refractivity contribution in [2.24, 2.45) is 5.92 Å². The second-order valence-electron chi connectivity index (χ2n) is 7.56. The summed E-state index contributed by atoms with van der Waals surface area (Å²) in [5.41, 5.74) is 1.38. The molecule has 0 aromatic heterocycles. The zero-order valence-corrected chi connectivity index (χ0v) is 16.2. The standard InChI is InChI=1S/C21H30ClN3O/c1-2-12-23-21(26)24-19-4-3-5-20(19)25-13-10-17(11-14-25)15-16-6-8-18(22)9-7-16/h2,6-9,17,19-20H,1,3-5,10-15H2,(H2,23,24,26)/t19-,20?/m1/s1. The summed E-state index contributed by atoms with van der Waals surface area (Å²) in [5.74, 6) is 0.746. The Bertz CT molecular complexity index is 596. The Balaban J connectivity index is 1.46. The number of benzene rings is 1. The number of nitrogens with one attached hydrogen (secondary N) is 2. The Morgan fingerprint density at radius 3 is 2.62 bits per heavy atom. The van der Waals surface area contributed by atoms with Gasteiger partial charge in [-0.05, 0) is 75.2 Å². The number of hydrogen-bond acceptors (Lipinski definition) is 2. The Morgan fingerprint density at radius 1 is 1.19 bits per heavy atom. The SMILES string of the molecule is C=CCNC(=O)N[C@@H]1CCCC1N1CCC(Cc2ccc(Cl)cc2)CC1. The van der Waals surface area contributed by atoms with E-state index in [0.717, 1.165) is 36.9 Å². The van der Waals surface area contributed by atoms with Crippen molar-refractivity contribution in [3.8, 4) is 0 Å². The maximum atomic E-state index is 12.0. The number of carbonyl (C=O) groups excluding carboxylic acids is 1. The number of piperidine rings is 1. The molecule has 5 heteroatoms. The van der Waals surface area contributed by atoms with Gasteiger partial charge in [0.05, 0.1) is 0 Å². The van der Waals surface area contributed by atoms with E-state index in [1.807, 2.05) is 12.1 Å². The first kappa shape index (κ1) is 19.2. The molecule has 1 saturated heterocycles. The van der Waals surface area contributed by atoms with E-state index in [4.69, 9.17) is 11.6 Å². The molecule has 26 heavy (non-hydrogen) atoms. The summed E-state index contributed by atoms with van der Waals surface area (Å²) < 4.78 is 0. The summed E-state index contributed by atoms with van der Waals surface area (Å²) in [4.78, 5) is 14.6. The zero-order chi connectivity index (χ0) is 18.4. The number of carbonyl (C=O) groups is 1. The summed E-state index contributed by atoms with van der Waals surface area (Å²) in [6.07, 6.45) is 8.77. The molecule has 0 bridgehead atoms. The molecule has 2 aliphatic rings. The number of nitrogens with zero attached hydrogens (tertiary/aromatic N) is 1. The van der Waals surface area contributed by atoms with Crippen molar-refractivity contribution >= 4 is 17.6 Å². The van der Waals surface area contributed by atoms with Crippen LogP contribution in [0.1, 0.15) is 37.7 Å². The Hall–Kier alpha value is -1.52. The van der Waals surface area contributed by atoms with Crippen molar-refractivity contribution in [2.45, 2.75) is 50.6 Å². The zero-order valence-electron chi connectivity index (χ0n) is 15.4. The second-order valence-corrected chi connectivity index (χ2v) is 7.99. The Morgan fingerprint density at radius 2 is 1.92 bits per heavy atom. The van der Waals surface area contributed by atoms with Crippen LogP contribution >= 0.6 is 11.6 Å².